The minimum atomic E-state index is -1.54. The molecule has 1 heterocycles. The van der Waals surface area contributed by atoms with Gasteiger partial charge in [-0.25, -0.2) is 5.26 Å². The zero-order valence-electron chi connectivity index (χ0n) is 40.2. The van der Waals surface area contributed by atoms with Crippen LogP contribution in [0, 0.1) is 0 Å². The average molecular weight is 920 g/mol. The number of allylic oxidation sites excluding steroid dienone is 1. The fourth-order valence-electron chi connectivity index (χ4n) is 8.45. The van der Waals surface area contributed by atoms with Crippen molar-refractivity contribution < 1.29 is 53.5 Å². The molecule has 1 rings (SSSR count). The molecule has 1 saturated heterocycles. The van der Waals surface area contributed by atoms with Gasteiger partial charge in [-0.05, 0) is 19.3 Å². The molecule has 7 atom stereocenters. The zero-order valence-corrected chi connectivity index (χ0v) is 41.0. The third kappa shape index (κ3) is 34.2. The van der Waals surface area contributed by atoms with Gasteiger partial charge in [0, 0.05) is 6.42 Å². The van der Waals surface area contributed by atoms with Crippen molar-refractivity contribution in [2.24, 2.45) is 0 Å². The van der Waals surface area contributed by atoms with Crippen LogP contribution in [-0.4, -0.2) is 87.7 Å². The number of hydrogen-bond acceptors (Lipinski definition) is 12. The predicted molar refractivity (Wildman–Crippen MR) is 256 cm³/mol. The van der Waals surface area contributed by atoms with E-state index in [2.05, 4.69) is 28.5 Å². The van der Waals surface area contributed by atoms with Gasteiger partial charge in [0.15, 0.2) is 18.6 Å². The molecule has 12 nitrogen and oxygen atoms in total. The average Bonchev–Trinajstić information content (AvgIpc) is 3.28. The highest BCUT2D eigenvalue weighted by Crippen LogP contribution is 2.28. The van der Waals surface area contributed by atoms with Gasteiger partial charge in [-0.1, -0.05) is 237 Å². The van der Waals surface area contributed by atoms with Crippen molar-refractivity contribution in [2.45, 2.75) is 288 Å². The smallest absolute Gasteiger partial charge is 0.220 e. The molecule has 5 unspecified atom stereocenters. The Bertz CT molecular complexity index is 1010. The number of aliphatic hydroxyl groups is 4. The van der Waals surface area contributed by atoms with Crippen LogP contribution in [0.15, 0.2) is 12.2 Å². The van der Waals surface area contributed by atoms with Crippen LogP contribution in [0.1, 0.15) is 245 Å². The highest BCUT2D eigenvalue weighted by molar-refractivity contribution is 7.89. The van der Waals surface area contributed by atoms with Crippen LogP contribution in [0.4, 0.5) is 0 Å². The summed E-state index contributed by atoms with van der Waals surface area (Å²) in [6.07, 6.45) is 40.9. The summed E-state index contributed by atoms with van der Waals surface area (Å²) < 4.78 is 20.9. The van der Waals surface area contributed by atoms with Gasteiger partial charge < -0.3 is 35.2 Å². The van der Waals surface area contributed by atoms with Crippen molar-refractivity contribution in [1.82, 2.24) is 5.32 Å². The molecule has 0 aliphatic carbocycles. The Balaban J connectivity index is 2.36. The van der Waals surface area contributed by atoms with E-state index < -0.39 is 49.5 Å². The first-order valence-electron chi connectivity index (χ1n) is 26.1. The predicted octanol–water partition coefficient (Wildman–Crippen LogP) is 12.3. The minimum Gasteiger partial charge on any atom is -0.394 e. The summed E-state index contributed by atoms with van der Waals surface area (Å²) in [5, 5.41) is 57.2. The number of hydrogen-bond donors (Lipinski definition) is 6. The lowest BCUT2D eigenvalue weighted by Crippen LogP contribution is -2.60. The van der Waals surface area contributed by atoms with E-state index in [1.54, 1.807) is 6.08 Å². The molecule has 0 aromatic rings. The molecule has 1 aliphatic rings. The number of rotatable bonds is 47. The third-order valence-electron chi connectivity index (χ3n) is 12.5. The first-order valence-corrected chi connectivity index (χ1v) is 26.7. The fraction of sp³-hybridized carbons (Fsp3) is 0.940. The number of aliphatic hydroxyl groups excluding tert-OH is 4. The SMILES string of the molecule is CCCCCCCCCCCCCC=C[C@@H](O)[C@H](COC1OC(CO)C(O)C(OSOOO)C1O)NC(=O)CCCCCCCCCCCCCCCCCCCCCCCCC. The Hall–Kier alpha value is -0.840. The van der Waals surface area contributed by atoms with Gasteiger partial charge in [0.05, 0.1) is 25.4 Å². The van der Waals surface area contributed by atoms with E-state index in [0.29, 0.717) is 6.42 Å². The van der Waals surface area contributed by atoms with Gasteiger partial charge in [0.2, 0.25) is 5.91 Å². The highest BCUT2D eigenvalue weighted by Gasteiger charge is 2.46. The second-order valence-electron chi connectivity index (χ2n) is 18.3. The summed E-state index contributed by atoms with van der Waals surface area (Å²) >= 11 is 0.174. The van der Waals surface area contributed by atoms with Gasteiger partial charge in [0.25, 0.3) is 0 Å². The molecule has 1 fully saturated rings. The Morgan fingerprint density at radius 3 is 1.46 bits per heavy atom. The lowest BCUT2D eigenvalue weighted by atomic mass is 9.99. The van der Waals surface area contributed by atoms with E-state index in [4.69, 9.17) is 18.9 Å². The van der Waals surface area contributed by atoms with Crippen LogP contribution >= 0.6 is 12.3 Å². The van der Waals surface area contributed by atoms with Crippen molar-refractivity contribution >= 4 is 18.2 Å². The molecular formula is C50H97NO11S. The minimum absolute atomic E-state index is 0.174. The summed E-state index contributed by atoms with van der Waals surface area (Å²) in [6.45, 7) is 3.71. The normalized spacial score (nSPS) is 20.1. The molecule has 1 amide bonds. The largest absolute Gasteiger partial charge is 0.394 e. The second-order valence-corrected chi connectivity index (χ2v) is 18.7. The highest BCUT2D eigenvalue weighted by atomic mass is 32.2. The maximum atomic E-state index is 13.1. The van der Waals surface area contributed by atoms with E-state index in [1.165, 1.54) is 186 Å². The third-order valence-corrected chi connectivity index (χ3v) is 13.0. The topological polar surface area (TPSA) is 176 Å². The number of carbonyl (C=O) groups excluding carboxylic acids is 1. The van der Waals surface area contributed by atoms with Crippen LogP contribution in [0.25, 0.3) is 0 Å². The molecule has 0 saturated carbocycles. The number of amides is 1. The Morgan fingerprint density at radius 2 is 1.05 bits per heavy atom. The molecule has 63 heavy (non-hydrogen) atoms. The van der Waals surface area contributed by atoms with Crippen molar-refractivity contribution in [3.05, 3.63) is 12.2 Å². The maximum absolute atomic E-state index is 13.1. The van der Waals surface area contributed by atoms with Gasteiger partial charge >= 0.3 is 0 Å². The van der Waals surface area contributed by atoms with Crippen LogP contribution in [0.5, 0.6) is 0 Å². The fourth-order valence-corrected chi connectivity index (χ4v) is 8.82. The zero-order chi connectivity index (χ0) is 45.9. The van der Waals surface area contributed by atoms with E-state index in [1.807, 2.05) is 6.08 Å². The van der Waals surface area contributed by atoms with Crippen molar-refractivity contribution in [3.63, 3.8) is 0 Å². The van der Waals surface area contributed by atoms with Gasteiger partial charge in [-0.15, -0.1) is 4.33 Å². The lowest BCUT2D eigenvalue weighted by Gasteiger charge is -2.41. The summed E-state index contributed by atoms with van der Waals surface area (Å²) in [5.41, 5.74) is 0. The number of carbonyl (C=O) groups is 1. The first kappa shape index (κ1) is 60.2. The van der Waals surface area contributed by atoms with Crippen LogP contribution < -0.4 is 5.32 Å². The monoisotopic (exact) mass is 920 g/mol. The summed E-state index contributed by atoms with van der Waals surface area (Å²) in [6, 6.07) is -0.842. The van der Waals surface area contributed by atoms with Crippen molar-refractivity contribution in [2.75, 3.05) is 13.2 Å². The Labute approximate surface area is 389 Å². The standard InChI is InChI=1S/C50H97NO11S/c1-3-5-7-9-11-13-15-17-18-19-20-21-22-23-24-25-26-28-30-32-34-36-38-40-46(54)51-43(44(53)39-37-35-33-31-29-27-16-14-12-10-8-6-4-2)42-58-50-48(56)49(60-63-62-61-57)47(55)45(41-52)59-50/h37,39,43-45,47-50,52-53,55-57H,3-36,38,40-42H2,1-2H3,(H,51,54)/t43-,44+,45?,47?,48?,49?,50?/m0/s1. The molecule has 0 aromatic heterocycles. The summed E-state index contributed by atoms with van der Waals surface area (Å²) in [5.74, 6) is -0.197. The Morgan fingerprint density at radius 1 is 0.635 bits per heavy atom. The number of ether oxygens (including phenoxy) is 2. The summed E-state index contributed by atoms with van der Waals surface area (Å²) in [7, 11) is 0. The molecule has 13 heteroatoms. The Kier molecular flexibility index (Phi) is 43.0. The maximum Gasteiger partial charge on any atom is 0.220 e. The van der Waals surface area contributed by atoms with Gasteiger partial charge in [-0.3, -0.25) is 8.98 Å². The van der Waals surface area contributed by atoms with E-state index in [-0.39, 0.29) is 24.8 Å². The molecule has 0 aromatic carbocycles. The van der Waals surface area contributed by atoms with Crippen molar-refractivity contribution in [1.29, 1.82) is 0 Å². The first-order chi connectivity index (χ1) is 30.9. The number of unbranched alkanes of at least 4 members (excludes halogenated alkanes) is 33. The van der Waals surface area contributed by atoms with Gasteiger partial charge in [-0.2, -0.15) is 0 Å². The molecule has 374 valence electrons. The molecule has 6 N–H and O–H groups in total. The molecule has 1 aliphatic heterocycles. The lowest BCUT2D eigenvalue weighted by molar-refractivity contribution is -0.435. The van der Waals surface area contributed by atoms with Crippen LogP contribution in [0.3, 0.4) is 0 Å². The molecule has 0 radical (unpaired) electrons. The molecule has 0 spiro atoms. The van der Waals surface area contributed by atoms with E-state index in [9.17, 15) is 25.2 Å². The van der Waals surface area contributed by atoms with Crippen LogP contribution in [0.2, 0.25) is 0 Å². The molecular weight excluding hydrogens is 823 g/mol. The second kappa shape index (κ2) is 45.0. The van der Waals surface area contributed by atoms with E-state index in [0.717, 1.165) is 38.5 Å². The number of nitrogens with one attached hydrogen (secondary N) is 1. The quantitative estimate of drug-likeness (QED) is 0.0112. The van der Waals surface area contributed by atoms with Crippen molar-refractivity contribution in [3.8, 4) is 0 Å². The summed E-state index contributed by atoms with van der Waals surface area (Å²) in [4.78, 5) is 13.1. The van der Waals surface area contributed by atoms with Crippen LogP contribution in [-0.2, 0) is 27.8 Å². The van der Waals surface area contributed by atoms with Gasteiger partial charge in [0.1, 0.15) is 24.4 Å². The van der Waals surface area contributed by atoms with E-state index >= 15 is 0 Å². The molecule has 0 bridgehead atoms.